The van der Waals surface area contributed by atoms with E-state index in [0.717, 1.165) is 6.26 Å². The van der Waals surface area contributed by atoms with Gasteiger partial charge in [-0.3, -0.25) is 19.2 Å². The van der Waals surface area contributed by atoms with E-state index in [2.05, 4.69) is 26.0 Å². The van der Waals surface area contributed by atoms with E-state index in [0.29, 0.717) is 32.4 Å². The summed E-state index contributed by atoms with van der Waals surface area (Å²) in [6.45, 7) is 17.8. The SMILES string of the molecule is CCCNC(=O)C(=O)C(CCC)NC(=O)[C@@H]1[C@@H]2[C@H](CN1C(=O)[C@@H](NC(=O)N[C@H](CNS(C)(=O)=O)[C@@H](C)CC)C(C)(C)C)C2(C)C. The van der Waals surface area contributed by atoms with Crippen LogP contribution in [0.4, 0.5) is 4.79 Å². The number of sulfonamides is 1. The van der Waals surface area contributed by atoms with Gasteiger partial charge in [-0.2, -0.15) is 0 Å². The summed E-state index contributed by atoms with van der Waals surface area (Å²) in [5.41, 5.74) is -0.938. The number of rotatable bonds is 16. The van der Waals surface area contributed by atoms with Crippen molar-refractivity contribution >= 4 is 39.6 Å². The molecule has 1 aliphatic carbocycles. The molecule has 258 valence electrons. The minimum absolute atomic E-state index is 0.00365. The van der Waals surface area contributed by atoms with Gasteiger partial charge < -0.3 is 26.2 Å². The number of carbonyl (C=O) groups excluding carboxylic acids is 5. The Morgan fingerprint density at radius 3 is 2.11 bits per heavy atom. The Balaban J connectivity index is 2.30. The van der Waals surface area contributed by atoms with Crippen molar-refractivity contribution in [1.82, 2.24) is 30.9 Å². The molecule has 2 rings (SSSR count). The van der Waals surface area contributed by atoms with Crippen LogP contribution in [0.15, 0.2) is 0 Å². The fourth-order valence-corrected chi connectivity index (χ4v) is 6.67. The van der Waals surface area contributed by atoms with Gasteiger partial charge in [-0.15, -0.1) is 0 Å². The highest BCUT2D eigenvalue weighted by molar-refractivity contribution is 7.88. The van der Waals surface area contributed by atoms with Gasteiger partial charge >= 0.3 is 6.03 Å². The number of ketones is 1. The summed E-state index contributed by atoms with van der Waals surface area (Å²) in [5.74, 6) is -2.50. The zero-order valence-corrected chi connectivity index (χ0v) is 29.5. The summed E-state index contributed by atoms with van der Waals surface area (Å²) in [5, 5.41) is 11.0. The van der Waals surface area contributed by atoms with E-state index in [1.54, 1.807) is 0 Å². The maximum Gasteiger partial charge on any atom is 0.315 e. The van der Waals surface area contributed by atoms with E-state index in [1.165, 1.54) is 4.90 Å². The van der Waals surface area contributed by atoms with Crippen LogP contribution in [0, 0.1) is 28.6 Å². The maximum absolute atomic E-state index is 14.2. The van der Waals surface area contributed by atoms with Crippen LogP contribution in [0.5, 0.6) is 0 Å². The molecule has 13 nitrogen and oxygen atoms in total. The molecule has 5 N–H and O–H groups in total. The van der Waals surface area contributed by atoms with E-state index in [9.17, 15) is 32.4 Å². The molecular weight excluding hydrogens is 600 g/mol. The monoisotopic (exact) mass is 656 g/mol. The number of Topliss-reactive ketones (excluding diaryl/α,β-unsaturated/α-hetero) is 1. The summed E-state index contributed by atoms with van der Waals surface area (Å²) in [7, 11) is -3.48. The van der Waals surface area contributed by atoms with Crippen LogP contribution in [-0.2, 0) is 29.2 Å². The Hall–Kier alpha value is -2.74. The molecule has 5 amide bonds. The van der Waals surface area contributed by atoms with Gasteiger partial charge in [0.15, 0.2) is 0 Å². The van der Waals surface area contributed by atoms with Crippen LogP contribution in [0.3, 0.4) is 0 Å². The third-order valence-corrected chi connectivity index (χ3v) is 10.0. The molecule has 2 fully saturated rings. The van der Waals surface area contributed by atoms with Crippen LogP contribution in [0.1, 0.15) is 88.0 Å². The molecule has 0 spiro atoms. The molecule has 0 aromatic carbocycles. The number of nitrogens with one attached hydrogen (secondary N) is 5. The molecule has 1 saturated carbocycles. The van der Waals surface area contributed by atoms with E-state index in [1.807, 2.05) is 62.3 Å². The zero-order valence-electron chi connectivity index (χ0n) is 28.7. The van der Waals surface area contributed by atoms with Crippen molar-refractivity contribution in [3.8, 4) is 0 Å². The third-order valence-electron chi connectivity index (χ3n) is 9.33. The zero-order chi connectivity index (χ0) is 34.5. The lowest BCUT2D eigenvalue weighted by atomic mass is 9.85. The normalized spacial score (nSPS) is 23.2. The van der Waals surface area contributed by atoms with Crippen molar-refractivity contribution in [3.63, 3.8) is 0 Å². The highest BCUT2D eigenvalue weighted by Gasteiger charge is 2.69. The second-order valence-electron chi connectivity index (χ2n) is 14.4. The molecule has 1 heterocycles. The quantitative estimate of drug-likeness (QED) is 0.156. The smallest absolute Gasteiger partial charge is 0.315 e. The van der Waals surface area contributed by atoms with Crippen LogP contribution >= 0.6 is 0 Å². The first-order valence-electron chi connectivity index (χ1n) is 16.2. The van der Waals surface area contributed by atoms with Crippen LogP contribution < -0.4 is 26.0 Å². The summed E-state index contributed by atoms with van der Waals surface area (Å²) in [6, 6.07) is -4.05. The molecule has 0 radical (unpaired) electrons. The van der Waals surface area contributed by atoms with E-state index in [-0.39, 0.29) is 36.1 Å². The molecule has 1 aliphatic heterocycles. The van der Waals surface area contributed by atoms with Crippen molar-refractivity contribution in [3.05, 3.63) is 0 Å². The van der Waals surface area contributed by atoms with Crippen LogP contribution in [0.25, 0.3) is 0 Å². The van der Waals surface area contributed by atoms with Crippen molar-refractivity contribution < 1.29 is 32.4 Å². The average molecular weight is 657 g/mol. The van der Waals surface area contributed by atoms with E-state index >= 15 is 0 Å². The average Bonchev–Trinajstić information content (AvgIpc) is 3.26. The standard InChI is InChI=1S/C31H56N6O7S/c1-11-14-20(24(38)27(40)32-15-12-2)34-26(39)23-22-19(31(22,8)9)17-37(23)28(41)25(30(5,6)7)36-29(42)35-21(18(4)13-3)16-33-45(10,43)44/h18-23,25,33H,11-17H2,1-10H3,(H,32,40)(H,34,39)(H2,35,36,42)/t18-,19-,20?,21+,22-,23-,25+/m0/s1. The Morgan fingerprint density at radius 2 is 1.60 bits per heavy atom. The van der Waals surface area contributed by atoms with Crippen LogP contribution in [-0.4, -0.2) is 92.9 Å². The predicted molar refractivity (Wildman–Crippen MR) is 172 cm³/mol. The number of amides is 5. The van der Waals surface area contributed by atoms with Gasteiger partial charge in [0.25, 0.3) is 5.91 Å². The largest absolute Gasteiger partial charge is 0.349 e. The van der Waals surface area contributed by atoms with E-state index in [4.69, 9.17) is 0 Å². The number of piperidine rings is 1. The summed E-state index contributed by atoms with van der Waals surface area (Å²) >= 11 is 0. The number of nitrogens with zero attached hydrogens (tertiary/aromatic N) is 1. The number of hydrogen-bond acceptors (Lipinski definition) is 7. The fourth-order valence-electron chi connectivity index (χ4n) is 6.19. The number of hydrogen-bond donors (Lipinski definition) is 5. The minimum Gasteiger partial charge on any atom is -0.349 e. The maximum atomic E-state index is 14.2. The highest BCUT2D eigenvalue weighted by atomic mass is 32.2. The molecule has 0 aromatic rings. The summed E-state index contributed by atoms with van der Waals surface area (Å²) in [4.78, 5) is 68.2. The number of likely N-dealkylation sites (tertiary alicyclic amines) is 1. The topological polar surface area (TPSA) is 183 Å². The van der Waals surface area contributed by atoms with Crippen molar-refractivity contribution in [1.29, 1.82) is 0 Å². The molecule has 45 heavy (non-hydrogen) atoms. The van der Waals surface area contributed by atoms with Gasteiger partial charge in [-0.25, -0.2) is 17.9 Å². The fraction of sp³-hybridized carbons (Fsp3) is 0.839. The first-order chi connectivity index (χ1) is 20.7. The van der Waals surface area contributed by atoms with Crippen molar-refractivity contribution in [2.45, 2.75) is 112 Å². The summed E-state index contributed by atoms with van der Waals surface area (Å²) in [6.07, 6.45) is 3.23. The lowest BCUT2D eigenvalue weighted by molar-refractivity contribution is -0.145. The Bertz CT molecular complexity index is 1220. The van der Waals surface area contributed by atoms with Crippen LogP contribution in [0.2, 0.25) is 0 Å². The first-order valence-corrected chi connectivity index (χ1v) is 18.0. The molecular formula is C31H56N6O7S. The van der Waals surface area contributed by atoms with Crippen molar-refractivity contribution in [2.24, 2.45) is 28.6 Å². The van der Waals surface area contributed by atoms with E-state index < -0.39 is 69.1 Å². The molecule has 0 bridgehead atoms. The third kappa shape index (κ3) is 9.87. The van der Waals surface area contributed by atoms with Gasteiger partial charge in [0.1, 0.15) is 12.1 Å². The van der Waals surface area contributed by atoms with Crippen molar-refractivity contribution in [2.75, 3.05) is 25.9 Å². The minimum atomic E-state index is -3.48. The second kappa shape index (κ2) is 15.2. The predicted octanol–water partition coefficient (Wildman–Crippen LogP) is 1.53. The summed E-state index contributed by atoms with van der Waals surface area (Å²) < 4.78 is 25.8. The molecule has 0 aromatic heterocycles. The lowest BCUT2D eigenvalue weighted by Gasteiger charge is -2.38. The Kier molecular flexibility index (Phi) is 13.0. The molecule has 14 heteroatoms. The Labute approximate surface area is 269 Å². The van der Waals surface area contributed by atoms with Gasteiger partial charge in [-0.05, 0) is 41.4 Å². The highest BCUT2D eigenvalue weighted by Crippen LogP contribution is 2.65. The second-order valence-corrected chi connectivity index (χ2v) is 16.2. The molecule has 1 unspecified atom stereocenters. The molecule has 1 saturated heterocycles. The number of urea groups is 1. The molecule has 2 aliphatic rings. The van der Waals surface area contributed by atoms with Gasteiger partial charge in [0.2, 0.25) is 27.6 Å². The first kappa shape index (κ1) is 38.4. The van der Waals surface area contributed by atoms with Gasteiger partial charge in [0, 0.05) is 25.7 Å². The van der Waals surface area contributed by atoms with Gasteiger partial charge in [0.05, 0.1) is 12.3 Å². The van der Waals surface area contributed by atoms with Gasteiger partial charge in [-0.1, -0.05) is 75.2 Å². The number of carbonyl (C=O) groups is 5. The lowest BCUT2D eigenvalue weighted by Crippen LogP contribution is -2.62. The molecule has 7 atom stereocenters. The Morgan fingerprint density at radius 1 is 0.978 bits per heavy atom. The number of fused-ring (bicyclic) bond motifs is 1.